The third-order valence-corrected chi connectivity index (χ3v) is 4.35. The highest BCUT2D eigenvalue weighted by Gasteiger charge is 2.46. The fourth-order valence-corrected chi connectivity index (χ4v) is 3.20. The second-order valence-corrected chi connectivity index (χ2v) is 7.24. The van der Waals surface area contributed by atoms with Gasteiger partial charge in [0.2, 0.25) is 5.13 Å². The molecule has 2 N–H and O–H groups in total. The second kappa shape index (κ2) is 5.29. The Morgan fingerprint density at radius 3 is 2.60 bits per heavy atom. The van der Waals surface area contributed by atoms with E-state index in [0.29, 0.717) is 5.13 Å². The molecule has 0 aliphatic carbocycles. The predicted octanol–water partition coefficient (Wildman–Crippen LogP) is 2.57. The van der Waals surface area contributed by atoms with Crippen LogP contribution in [0.25, 0.3) is 0 Å². The Morgan fingerprint density at radius 2 is 2.10 bits per heavy atom. The molecule has 1 aromatic heterocycles. The molecule has 7 heteroatoms. The minimum absolute atomic E-state index is 0.0314. The number of carbonyl (C=O) groups excluding carboxylic acids is 1. The maximum atomic E-state index is 12.0. The third kappa shape index (κ3) is 3.46. The standard InChI is InChI=1S/C13H22N4O2S/c1-6-9-16-17-11(20-9)15-10(18)14-8-7-12(2,3)19-13(8,4)5/h8H,6-7H2,1-5H3,(H2,14,15,17,18)/t8-/m0/s1. The van der Waals surface area contributed by atoms with Gasteiger partial charge in [0.15, 0.2) is 0 Å². The number of ether oxygens (including phenoxy) is 1. The van der Waals surface area contributed by atoms with Crippen molar-refractivity contribution in [3.8, 4) is 0 Å². The van der Waals surface area contributed by atoms with Crippen molar-refractivity contribution in [2.75, 3.05) is 5.32 Å². The van der Waals surface area contributed by atoms with Crippen molar-refractivity contribution in [3.63, 3.8) is 0 Å². The molecule has 1 aliphatic rings. The van der Waals surface area contributed by atoms with Crippen molar-refractivity contribution in [3.05, 3.63) is 5.01 Å². The summed E-state index contributed by atoms with van der Waals surface area (Å²) in [5.41, 5.74) is -0.601. The molecule has 0 spiro atoms. The monoisotopic (exact) mass is 298 g/mol. The lowest BCUT2D eigenvalue weighted by Crippen LogP contribution is -2.47. The summed E-state index contributed by atoms with van der Waals surface area (Å²) in [4.78, 5) is 12.0. The Balaban J connectivity index is 1.94. The Morgan fingerprint density at radius 1 is 1.40 bits per heavy atom. The van der Waals surface area contributed by atoms with E-state index < -0.39 is 0 Å². The van der Waals surface area contributed by atoms with E-state index in [0.717, 1.165) is 17.8 Å². The second-order valence-electron chi connectivity index (χ2n) is 6.17. The highest BCUT2D eigenvalue weighted by molar-refractivity contribution is 7.15. The molecular formula is C13H22N4O2S. The highest BCUT2D eigenvalue weighted by atomic mass is 32.1. The molecule has 1 aliphatic heterocycles. The van der Waals surface area contributed by atoms with Gasteiger partial charge in [0.25, 0.3) is 0 Å². The number of amides is 2. The van der Waals surface area contributed by atoms with Crippen LogP contribution >= 0.6 is 11.3 Å². The van der Waals surface area contributed by atoms with Crippen LogP contribution < -0.4 is 10.6 Å². The Hall–Kier alpha value is -1.21. The molecule has 1 aromatic rings. The SMILES string of the molecule is CCc1nnc(NC(=O)N[C@H]2CC(C)(C)OC2(C)C)s1. The first-order valence-corrected chi connectivity index (χ1v) is 7.63. The van der Waals surface area contributed by atoms with Crippen LogP contribution in [-0.2, 0) is 11.2 Å². The van der Waals surface area contributed by atoms with E-state index in [2.05, 4.69) is 20.8 Å². The van der Waals surface area contributed by atoms with Crippen LogP contribution in [0.3, 0.4) is 0 Å². The largest absolute Gasteiger partial charge is 0.367 e. The number of nitrogens with zero attached hydrogens (tertiary/aromatic N) is 2. The lowest BCUT2D eigenvalue weighted by molar-refractivity contribution is -0.0689. The van der Waals surface area contributed by atoms with E-state index in [9.17, 15) is 4.79 Å². The number of nitrogens with one attached hydrogen (secondary N) is 2. The van der Waals surface area contributed by atoms with Crippen molar-refractivity contribution in [2.45, 2.75) is 64.7 Å². The topological polar surface area (TPSA) is 76.1 Å². The first kappa shape index (κ1) is 15.2. The van der Waals surface area contributed by atoms with Gasteiger partial charge in [0.1, 0.15) is 5.01 Å². The van der Waals surface area contributed by atoms with Crippen LogP contribution in [0.2, 0.25) is 0 Å². The van der Waals surface area contributed by atoms with Gasteiger partial charge in [-0.1, -0.05) is 18.3 Å². The average molecular weight is 298 g/mol. The fraction of sp³-hybridized carbons (Fsp3) is 0.769. The number of carbonyl (C=O) groups is 1. The van der Waals surface area contributed by atoms with Crippen LogP contribution in [0.15, 0.2) is 0 Å². The van der Waals surface area contributed by atoms with E-state index in [1.807, 2.05) is 34.6 Å². The summed E-state index contributed by atoms with van der Waals surface area (Å²) in [6, 6.07) is -0.292. The molecule has 0 aromatic carbocycles. The van der Waals surface area contributed by atoms with Crippen LogP contribution in [0.4, 0.5) is 9.93 Å². The van der Waals surface area contributed by atoms with Crippen LogP contribution in [0, 0.1) is 0 Å². The molecule has 0 radical (unpaired) electrons. The number of aromatic nitrogens is 2. The van der Waals surface area contributed by atoms with Gasteiger partial charge in [-0.25, -0.2) is 4.79 Å². The van der Waals surface area contributed by atoms with E-state index in [4.69, 9.17) is 4.74 Å². The third-order valence-electron chi connectivity index (χ3n) is 3.37. The molecule has 2 amide bonds. The molecule has 1 fully saturated rings. The Labute approximate surface area is 123 Å². The molecule has 2 rings (SSSR count). The number of aryl methyl sites for hydroxylation is 1. The zero-order valence-corrected chi connectivity index (χ0v) is 13.4. The number of hydrogen-bond donors (Lipinski definition) is 2. The van der Waals surface area contributed by atoms with E-state index in [1.54, 1.807) is 0 Å². The molecule has 112 valence electrons. The van der Waals surface area contributed by atoms with Gasteiger partial charge < -0.3 is 10.1 Å². The molecule has 0 unspecified atom stereocenters. The van der Waals surface area contributed by atoms with E-state index in [-0.39, 0.29) is 23.3 Å². The first-order valence-electron chi connectivity index (χ1n) is 6.82. The summed E-state index contributed by atoms with van der Waals surface area (Å²) in [7, 11) is 0. The van der Waals surface area contributed by atoms with Crippen molar-refractivity contribution in [1.29, 1.82) is 0 Å². The zero-order valence-electron chi connectivity index (χ0n) is 12.6. The molecule has 2 heterocycles. The molecule has 20 heavy (non-hydrogen) atoms. The molecule has 0 saturated carbocycles. The van der Waals surface area contributed by atoms with Gasteiger partial charge in [0, 0.05) is 0 Å². The number of hydrogen-bond acceptors (Lipinski definition) is 5. The normalized spacial score (nSPS) is 23.6. The van der Waals surface area contributed by atoms with Gasteiger partial charge in [0.05, 0.1) is 17.2 Å². The number of anilines is 1. The molecular weight excluding hydrogens is 276 g/mol. The maximum absolute atomic E-state index is 12.0. The lowest BCUT2D eigenvalue weighted by Gasteiger charge is -2.27. The van der Waals surface area contributed by atoms with Crippen LogP contribution in [0.5, 0.6) is 0 Å². The van der Waals surface area contributed by atoms with Crippen molar-refractivity contribution in [1.82, 2.24) is 15.5 Å². The molecule has 0 bridgehead atoms. The maximum Gasteiger partial charge on any atom is 0.321 e. The van der Waals surface area contributed by atoms with Gasteiger partial charge >= 0.3 is 6.03 Å². The average Bonchev–Trinajstić information content (AvgIpc) is 2.81. The first-order chi connectivity index (χ1) is 9.22. The van der Waals surface area contributed by atoms with Crippen LogP contribution in [-0.4, -0.2) is 33.5 Å². The summed E-state index contributed by atoms with van der Waals surface area (Å²) < 4.78 is 5.95. The summed E-state index contributed by atoms with van der Waals surface area (Å²) in [6.07, 6.45) is 1.60. The molecule has 1 saturated heterocycles. The minimum atomic E-state index is -0.378. The number of urea groups is 1. The quantitative estimate of drug-likeness (QED) is 0.899. The highest BCUT2D eigenvalue weighted by Crippen LogP contribution is 2.37. The van der Waals surface area contributed by atoms with Gasteiger partial charge in [-0.05, 0) is 40.5 Å². The smallest absolute Gasteiger partial charge is 0.321 e. The summed E-state index contributed by atoms with van der Waals surface area (Å²) in [5.74, 6) is 0. The summed E-state index contributed by atoms with van der Waals surface area (Å²) in [5, 5.41) is 15.0. The van der Waals surface area contributed by atoms with Gasteiger partial charge in [-0.2, -0.15) is 0 Å². The summed E-state index contributed by atoms with van der Waals surface area (Å²) in [6.45, 7) is 10.1. The lowest BCUT2D eigenvalue weighted by atomic mass is 9.95. The molecule has 1 atom stereocenters. The summed E-state index contributed by atoms with van der Waals surface area (Å²) >= 11 is 1.39. The van der Waals surface area contributed by atoms with Crippen LogP contribution in [0.1, 0.15) is 46.0 Å². The van der Waals surface area contributed by atoms with Gasteiger partial charge in [-0.15, -0.1) is 10.2 Å². The number of rotatable bonds is 3. The van der Waals surface area contributed by atoms with Crippen molar-refractivity contribution >= 4 is 22.5 Å². The van der Waals surface area contributed by atoms with Crippen molar-refractivity contribution in [2.24, 2.45) is 0 Å². The minimum Gasteiger partial charge on any atom is -0.367 e. The molecule has 6 nitrogen and oxygen atoms in total. The van der Waals surface area contributed by atoms with Gasteiger partial charge in [-0.3, -0.25) is 5.32 Å². The Bertz CT molecular complexity index is 498. The Kier molecular flexibility index (Phi) is 4.02. The van der Waals surface area contributed by atoms with E-state index >= 15 is 0 Å². The van der Waals surface area contributed by atoms with Crippen molar-refractivity contribution < 1.29 is 9.53 Å². The zero-order chi connectivity index (χ0) is 15.0. The van der Waals surface area contributed by atoms with E-state index in [1.165, 1.54) is 11.3 Å². The fourth-order valence-electron chi connectivity index (χ4n) is 2.53. The predicted molar refractivity (Wildman–Crippen MR) is 79.1 cm³/mol.